The number of rotatable bonds is 5. The average Bonchev–Trinajstić information content (AvgIpc) is 3.11. The fourth-order valence-corrected chi connectivity index (χ4v) is 2.58. The first-order valence-corrected chi connectivity index (χ1v) is 7.10. The summed E-state index contributed by atoms with van der Waals surface area (Å²) in [6, 6.07) is 0. The lowest BCUT2D eigenvalue weighted by atomic mass is 10.00. The van der Waals surface area contributed by atoms with E-state index in [1.807, 2.05) is 0 Å². The maximum absolute atomic E-state index is 5.62. The van der Waals surface area contributed by atoms with Gasteiger partial charge in [0.15, 0.2) is 11.6 Å². The van der Waals surface area contributed by atoms with Crippen LogP contribution in [0.25, 0.3) is 0 Å². The van der Waals surface area contributed by atoms with Gasteiger partial charge in [0.05, 0.1) is 12.7 Å². The lowest BCUT2D eigenvalue weighted by Crippen LogP contribution is -2.15. The van der Waals surface area contributed by atoms with E-state index >= 15 is 0 Å². The topological polar surface area (TPSA) is 69.3 Å². The van der Waals surface area contributed by atoms with Crippen LogP contribution < -0.4 is 0 Å². The summed E-state index contributed by atoms with van der Waals surface area (Å²) in [7, 11) is 0. The van der Waals surface area contributed by atoms with Crippen LogP contribution in [0.1, 0.15) is 43.3 Å². The predicted molar refractivity (Wildman–Crippen MR) is 67.8 cm³/mol. The number of nitrogens with zero attached hydrogens (tertiary/aromatic N) is 2. The quantitative estimate of drug-likeness (QED) is 0.873. The lowest BCUT2D eigenvalue weighted by molar-refractivity contribution is 0.00867. The molecule has 1 atom stereocenters. The number of ether oxygens (including phenoxy) is 3. The van der Waals surface area contributed by atoms with Crippen LogP contribution in [0.3, 0.4) is 0 Å². The van der Waals surface area contributed by atoms with Crippen LogP contribution in [0.2, 0.25) is 0 Å². The van der Waals surface area contributed by atoms with Gasteiger partial charge in [0, 0.05) is 25.7 Å². The summed E-state index contributed by atoms with van der Waals surface area (Å²) in [4.78, 5) is 4.51. The molecule has 0 spiro atoms. The molecule has 2 aliphatic rings. The second-order valence-corrected chi connectivity index (χ2v) is 5.18. The number of H-pyrrole nitrogens is 1. The minimum atomic E-state index is 0.262. The van der Waals surface area contributed by atoms with Crippen LogP contribution in [0.4, 0.5) is 0 Å². The molecule has 0 bridgehead atoms. The zero-order chi connectivity index (χ0) is 12.9. The summed E-state index contributed by atoms with van der Waals surface area (Å²) >= 11 is 0. The molecule has 0 amide bonds. The summed E-state index contributed by atoms with van der Waals surface area (Å²) in [6.07, 6.45) is 4.52. The van der Waals surface area contributed by atoms with E-state index in [1.54, 1.807) is 0 Å². The molecule has 0 saturated carbocycles. The standard InChI is InChI=1S/C13H21N3O3/c1-2-11(19-5-1)8-18-9-12-14-13(16-15-12)10-3-6-17-7-4-10/h10-11H,1-9H2,(H,14,15,16)/t11-/m1/s1. The molecule has 3 heterocycles. The summed E-state index contributed by atoms with van der Waals surface area (Å²) in [6.45, 7) is 3.61. The minimum absolute atomic E-state index is 0.262. The summed E-state index contributed by atoms with van der Waals surface area (Å²) in [5, 5.41) is 7.25. The smallest absolute Gasteiger partial charge is 0.154 e. The van der Waals surface area contributed by atoms with Crippen molar-refractivity contribution in [2.75, 3.05) is 26.4 Å². The number of hydrogen-bond donors (Lipinski definition) is 1. The second kappa shape index (κ2) is 6.45. The highest BCUT2D eigenvalue weighted by molar-refractivity contribution is 4.98. The Kier molecular flexibility index (Phi) is 4.42. The van der Waals surface area contributed by atoms with Crippen LogP contribution in [0.5, 0.6) is 0 Å². The van der Waals surface area contributed by atoms with Crippen molar-refractivity contribution >= 4 is 0 Å². The van der Waals surface area contributed by atoms with Crippen LogP contribution in [-0.2, 0) is 20.8 Å². The van der Waals surface area contributed by atoms with Gasteiger partial charge in [-0.2, -0.15) is 5.10 Å². The van der Waals surface area contributed by atoms with E-state index < -0.39 is 0 Å². The Morgan fingerprint density at radius 1 is 1.21 bits per heavy atom. The second-order valence-electron chi connectivity index (χ2n) is 5.18. The van der Waals surface area contributed by atoms with Gasteiger partial charge < -0.3 is 14.2 Å². The minimum Gasteiger partial charge on any atom is -0.381 e. The Balaban J connectivity index is 1.44. The van der Waals surface area contributed by atoms with Crippen molar-refractivity contribution in [2.24, 2.45) is 0 Å². The molecule has 0 radical (unpaired) electrons. The largest absolute Gasteiger partial charge is 0.381 e. The summed E-state index contributed by atoms with van der Waals surface area (Å²) < 4.78 is 16.5. The molecule has 19 heavy (non-hydrogen) atoms. The Hall–Kier alpha value is -0.980. The van der Waals surface area contributed by atoms with E-state index in [4.69, 9.17) is 14.2 Å². The molecule has 1 N–H and O–H groups in total. The van der Waals surface area contributed by atoms with Crippen LogP contribution in [0, 0.1) is 0 Å². The lowest BCUT2D eigenvalue weighted by Gasteiger charge is -2.18. The van der Waals surface area contributed by atoms with Crippen molar-refractivity contribution in [2.45, 2.75) is 44.3 Å². The fourth-order valence-electron chi connectivity index (χ4n) is 2.58. The molecule has 2 aliphatic heterocycles. The highest BCUT2D eigenvalue weighted by Gasteiger charge is 2.20. The Labute approximate surface area is 112 Å². The Morgan fingerprint density at radius 2 is 2.11 bits per heavy atom. The van der Waals surface area contributed by atoms with Crippen LogP contribution in [0.15, 0.2) is 0 Å². The number of aromatic nitrogens is 3. The third kappa shape index (κ3) is 3.52. The summed E-state index contributed by atoms with van der Waals surface area (Å²) in [5.41, 5.74) is 0. The van der Waals surface area contributed by atoms with E-state index in [0.717, 1.165) is 57.2 Å². The Bertz CT molecular complexity index is 384. The third-order valence-corrected chi connectivity index (χ3v) is 3.70. The van der Waals surface area contributed by atoms with Crippen molar-refractivity contribution in [1.82, 2.24) is 15.2 Å². The van der Waals surface area contributed by atoms with E-state index in [2.05, 4.69) is 15.2 Å². The van der Waals surface area contributed by atoms with Gasteiger partial charge in [0.1, 0.15) is 6.61 Å². The predicted octanol–water partition coefficient (Wildman–Crippen LogP) is 1.39. The van der Waals surface area contributed by atoms with E-state index in [1.165, 1.54) is 0 Å². The number of hydrogen-bond acceptors (Lipinski definition) is 5. The Morgan fingerprint density at radius 3 is 2.89 bits per heavy atom. The molecule has 1 aromatic heterocycles. The molecule has 2 fully saturated rings. The highest BCUT2D eigenvalue weighted by Crippen LogP contribution is 2.23. The first-order valence-electron chi connectivity index (χ1n) is 7.10. The van der Waals surface area contributed by atoms with E-state index in [9.17, 15) is 0 Å². The van der Waals surface area contributed by atoms with Crippen LogP contribution in [-0.4, -0.2) is 47.7 Å². The maximum Gasteiger partial charge on any atom is 0.154 e. The van der Waals surface area contributed by atoms with Gasteiger partial charge in [-0.3, -0.25) is 5.10 Å². The van der Waals surface area contributed by atoms with Gasteiger partial charge in [-0.25, -0.2) is 4.98 Å². The van der Waals surface area contributed by atoms with E-state index in [-0.39, 0.29) is 6.10 Å². The molecule has 0 aliphatic carbocycles. The SMILES string of the molecule is C1CO[C@@H](COCc2nc(C3CCOCC3)n[nH]2)C1. The molecule has 3 rings (SSSR count). The van der Waals surface area contributed by atoms with Crippen molar-refractivity contribution in [3.63, 3.8) is 0 Å². The monoisotopic (exact) mass is 267 g/mol. The van der Waals surface area contributed by atoms with Gasteiger partial charge in [-0.15, -0.1) is 0 Å². The molecule has 1 aromatic rings. The zero-order valence-corrected chi connectivity index (χ0v) is 11.1. The first kappa shape index (κ1) is 13.0. The molecule has 6 heteroatoms. The molecule has 106 valence electrons. The average molecular weight is 267 g/mol. The molecule has 0 unspecified atom stereocenters. The molecule has 0 aromatic carbocycles. The maximum atomic E-state index is 5.62. The first-order chi connectivity index (χ1) is 9.42. The molecule has 2 saturated heterocycles. The summed E-state index contributed by atoms with van der Waals surface area (Å²) in [5.74, 6) is 2.13. The van der Waals surface area contributed by atoms with Crippen molar-refractivity contribution in [1.29, 1.82) is 0 Å². The molecular formula is C13H21N3O3. The zero-order valence-electron chi connectivity index (χ0n) is 11.1. The van der Waals surface area contributed by atoms with Gasteiger partial charge in [-0.1, -0.05) is 0 Å². The third-order valence-electron chi connectivity index (χ3n) is 3.70. The van der Waals surface area contributed by atoms with Gasteiger partial charge in [0.25, 0.3) is 0 Å². The highest BCUT2D eigenvalue weighted by atomic mass is 16.5. The fraction of sp³-hybridized carbons (Fsp3) is 0.846. The van der Waals surface area contributed by atoms with Crippen molar-refractivity contribution in [3.05, 3.63) is 11.6 Å². The van der Waals surface area contributed by atoms with Gasteiger partial charge in [0.2, 0.25) is 0 Å². The van der Waals surface area contributed by atoms with Crippen LogP contribution >= 0.6 is 0 Å². The number of nitrogens with one attached hydrogen (secondary N) is 1. The molecule has 6 nitrogen and oxygen atoms in total. The van der Waals surface area contributed by atoms with Gasteiger partial charge >= 0.3 is 0 Å². The van der Waals surface area contributed by atoms with Crippen molar-refractivity contribution in [3.8, 4) is 0 Å². The number of aromatic amines is 1. The van der Waals surface area contributed by atoms with Crippen molar-refractivity contribution < 1.29 is 14.2 Å². The normalized spacial score (nSPS) is 24.9. The van der Waals surface area contributed by atoms with E-state index in [0.29, 0.717) is 19.1 Å². The molecular weight excluding hydrogens is 246 g/mol. The van der Waals surface area contributed by atoms with Gasteiger partial charge in [-0.05, 0) is 25.7 Å².